The summed E-state index contributed by atoms with van der Waals surface area (Å²) in [5.74, 6) is 1.34. The van der Waals surface area contributed by atoms with E-state index in [9.17, 15) is 9.59 Å². The van der Waals surface area contributed by atoms with Gasteiger partial charge in [0.2, 0.25) is 5.70 Å². The average Bonchev–Trinajstić information content (AvgIpc) is 3.23. The molecule has 2 saturated heterocycles. The Balaban J connectivity index is 1.38. The summed E-state index contributed by atoms with van der Waals surface area (Å²) >= 11 is 0. The van der Waals surface area contributed by atoms with E-state index in [0.717, 1.165) is 38.7 Å². The summed E-state index contributed by atoms with van der Waals surface area (Å²) in [6, 6.07) is 0. The van der Waals surface area contributed by atoms with Crippen LogP contribution in [-0.2, 0) is 19.1 Å². The molecule has 4 aliphatic carbocycles. The zero-order valence-corrected chi connectivity index (χ0v) is 20.2. The van der Waals surface area contributed by atoms with Crippen LogP contribution in [-0.4, -0.2) is 30.1 Å². The van der Waals surface area contributed by atoms with E-state index in [4.69, 9.17) is 16.0 Å². The first-order valence-corrected chi connectivity index (χ1v) is 12.9. The molecular formula is C28H35NO4. The third-order valence-corrected chi connectivity index (χ3v) is 10.8. The van der Waals surface area contributed by atoms with Crippen molar-refractivity contribution in [2.24, 2.45) is 46.3 Å². The van der Waals surface area contributed by atoms with Crippen LogP contribution >= 0.6 is 0 Å². The first-order chi connectivity index (χ1) is 15.6. The van der Waals surface area contributed by atoms with Gasteiger partial charge in [0.15, 0.2) is 17.4 Å². The normalized spacial score (nSPS) is 52.9. The number of carbonyl (C=O) groups is 2. The van der Waals surface area contributed by atoms with Crippen molar-refractivity contribution < 1.29 is 19.1 Å². The highest BCUT2D eigenvalue weighted by Crippen LogP contribution is 2.68. The molecule has 5 nitrogen and oxygen atoms in total. The SMILES string of the molecule is [C-]#[N+]C1=C[C@]2(C)C3=CC(=O)[C@@]4(C)C(CC5O[C@]6(CCC(C)CO6)C(C)C54)C3CCC2CC1=O. The van der Waals surface area contributed by atoms with Gasteiger partial charge in [-0.2, -0.15) is 0 Å². The number of nitrogens with zero attached hydrogens (tertiary/aromatic N) is 1. The highest BCUT2D eigenvalue weighted by molar-refractivity contribution is 6.00. The smallest absolute Gasteiger partial charge is 0.226 e. The Morgan fingerprint density at radius 2 is 1.94 bits per heavy atom. The molecule has 7 unspecified atom stereocenters. The van der Waals surface area contributed by atoms with Crippen LogP contribution in [0.5, 0.6) is 0 Å². The van der Waals surface area contributed by atoms with Gasteiger partial charge in [0.05, 0.1) is 19.3 Å². The number of hydrogen-bond donors (Lipinski definition) is 0. The van der Waals surface area contributed by atoms with Crippen molar-refractivity contribution in [3.05, 3.63) is 34.8 Å². The lowest BCUT2D eigenvalue weighted by Gasteiger charge is -2.54. The van der Waals surface area contributed by atoms with Crippen LogP contribution in [0.4, 0.5) is 0 Å². The Morgan fingerprint density at radius 3 is 2.64 bits per heavy atom. The minimum absolute atomic E-state index is 0.0387. The lowest BCUT2D eigenvalue weighted by molar-refractivity contribution is -0.271. The predicted molar refractivity (Wildman–Crippen MR) is 123 cm³/mol. The first-order valence-electron chi connectivity index (χ1n) is 12.9. The Bertz CT molecular complexity index is 1030. The summed E-state index contributed by atoms with van der Waals surface area (Å²) in [4.78, 5) is 29.9. The summed E-state index contributed by atoms with van der Waals surface area (Å²) in [5.41, 5.74) is 0.613. The van der Waals surface area contributed by atoms with Crippen LogP contribution in [0.25, 0.3) is 4.85 Å². The van der Waals surface area contributed by atoms with Crippen molar-refractivity contribution in [2.75, 3.05) is 6.61 Å². The molecule has 0 aromatic rings. The van der Waals surface area contributed by atoms with E-state index in [1.165, 1.54) is 5.57 Å². The highest BCUT2D eigenvalue weighted by atomic mass is 16.7. The molecule has 176 valence electrons. The molecule has 5 heteroatoms. The van der Waals surface area contributed by atoms with Crippen molar-refractivity contribution in [1.29, 1.82) is 0 Å². The number of Topliss-reactive ketones (excluding diaryl/α,β-unsaturated/α-hetero) is 1. The molecule has 0 aromatic carbocycles. The van der Waals surface area contributed by atoms with Crippen LogP contribution in [0.2, 0.25) is 0 Å². The molecule has 10 atom stereocenters. The van der Waals surface area contributed by atoms with Crippen molar-refractivity contribution in [3.63, 3.8) is 0 Å². The number of carbonyl (C=O) groups excluding carboxylic acids is 2. The van der Waals surface area contributed by atoms with Crippen LogP contribution in [0, 0.1) is 52.9 Å². The summed E-state index contributed by atoms with van der Waals surface area (Å²) in [6.45, 7) is 17.0. The third-order valence-electron chi connectivity index (χ3n) is 10.8. The molecule has 0 bridgehead atoms. The minimum Gasteiger partial charge on any atom is -0.349 e. The zero-order chi connectivity index (χ0) is 23.3. The van der Waals surface area contributed by atoms with Crippen LogP contribution in [0.3, 0.4) is 0 Å². The van der Waals surface area contributed by atoms with E-state index in [0.29, 0.717) is 18.3 Å². The van der Waals surface area contributed by atoms with Crippen LogP contribution < -0.4 is 0 Å². The van der Waals surface area contributed by atoms with Gasteiger partial charge >= 0.3 is 0 Å². The van der Waals surface area contributed by atoms with Gasteiger partial charge < -0.3 is 14.3 Å². The van der Waals surface area contributed by atoms with E-state index >= 15 is 0 Å². The largest absolute Gasteiger partial charge is 0.349 e. The molecule has 2 heterocycles. The van der Waals surface area contributed by atoms with Gasteiger partial charge in [-0.15, -0.1) is 0 Å². The van der Waals surface area contributed by atoms with E-state index in [2.05, 4.69) is 32.5 Å². The number of fused-ring (bicyclic) bond motifs is 7. The van der Waals surface area contributed by atoms with Gasteiger partial charge in [0.25, 0.3) is 0 Å². The standard InChI is InChI=1S/C28H35NO4/c1-15-8-9-28(32-14-15)16(2)25-23(33-28)11-20-18-7-6-17-10-22(30)21(29-5)13-26(17,3)19(18)12-24(31)27(20,25)4/h12-13,15-18,20,23,25H,6-11,14H2,1-4H3/t15?,16?,17?,18?,20?,23?,25?,26-,27+,28+/m0/s1. The van der Waals surface area contributed by atoms with E-state index in [1.807, 2.05) is 12.2 Å². The summed E-state index contributed by atoms with van der Waals surface area (Å²) < 4.78 is 13.1. The molecular weight excluding hydrogens is 414 g/mol. The van der Waals surface area contributed by atoms with Gasteiger partial charge in [-0.1, -0.05) is 39.3 Å². The number of rotatable bonds is 0. The monoisotopic (exact) mass is 449 g/mol. The maximum absolute atomic E-state index is 14.0. The Morgan fingerprint density at radius 1 is 1.15 bits per heavy atom. The topological polar surface area (TPSA) is 57.0 Å². The highest BCUT2D eigenvalue weighted by Gasteiger charge is 2.70. The number of allylic oxidation sites excluding steroid dienone is 4. The number of ketones is 2. The molecule has 6 aliphatic rings. The van der Waals surface area contributed by atoms with Gasteiger partial charge in [-0.3, -0.25) is 4.79 Å². The van der Waals surface area contributed by atoms with E-state index < -0.39 is 11.2 Å². The maximum Gasteiger partial charge on any atom is 0.226 e. The summed E-state index contributed by atoms with van der Waals surface area (Å²) in [5, 5.41) is 0. The maximum atomic E-state index is 14.0. The molecule has 0 radical (unpaired) electrons. The lowest BCUT2D eigenvalue weighted by atomic mass is 9.49. The Kier molecular flexibility index (Phi) is 4.54. The van der Waals surface area contributed by atoms with Crippen molar-refractivity contribution >= 4 is 11.6 Å². The van der Waals surface area contributed by atoms with Gasteiger partial charge in [0, 0.05) is 35.5 Å². The quantitative estimate of drug-likeness (QED) is 0.482. The van der Waals surface area contributed by atoms with Crippen molar-refractivity contribution in [1.82, 2.24) is 0 Å². The zero-order valence-electron chi connectivity index (χ0n) is 20.2. The van der Waals surface area contributed by atoms with Gasteiger partial charge in [-0.05, 0) is 55.4 Å². The number of hydrogen-bond acceptors (Lipinski definition) is 4. The Labute approximate surface area is 196 Å². The van der Waals surface area contributed by atoms with Crippen molar-refractivity contribution in [3.8, 4) is 0 Å². The lowest BCUT2D eigenvalue weighted by Crippen LogP contribution is -2.53. The number of ether oxygens (including phenoxy) is 2. The molecule has 0 N–H and O–H groups in total. The molecule has 33 heavy (non-hydrogen) atoms. The van der Waals surface area contributed by atoms with Crippen molar-refractivity contribution in [2.45, 2.75) is 78.1 Å². The van der Waals surface area contributed by atoms with Gasteiger partial charge in [-0.25, -0.2) is 4.85 Å². The molecule has 2 saturated carbocycles. The molecule has 0 aromatic heterocycles. The first kappa shape index (κ1) is 21.7. The van der Waals surface area contributed by atoms with Crippen LogP contribution in [0.1, 0.15) is 66.2 Å². The predicted octanol–water partition coefficient (Wildman–Crippen LogP) is 5.12. The minimum atomic E-state index is -0.527. The summed E-state index contributed by atoms with van der Waals surface area (Å²) in [7, 11) is 0. The fourth-order valence-corrected chi connectivity index (χ4v) is 8.89. The second kappa shape index (κ2) is 6.89. The molecule has 2 aliphatic heterocycles. The second-order valence-corrected chi connectivity index (χ2v) is 12.3. The van der Waals surface area contributed by atoms with Crippen LogP contribution in [0.15, 0.2) is 23.4 Å². The molecule has 4 fully saturated rings. The molecule has 0 amide bonds. The van der Waals surface area contributed by atoms with E-state index in [-0.39, 0.29) is 52.5 Å². The fraction of sp³-hybridized carbons (Fsp3) is 0.750. The molecule has 6 rings (SSSR count). The fourth-order valence-electron chi connectivity index (χ4n) is 8.89. The molecule has 1 spiro atoms. The van der Waals surface area contributed by atoms with E-state index in [1.54, 1.807) is 0 Å². The summed E-state index contributed by atoms with van der Waals surface area (Å²) in [6.07, 6.45) is 9.24. The third kappa shape index (κ3) is 2.66. The average molecular weight is 450 g/mol. The Hall–Kier alpha value is -1.77. The second-order valence-electron chi connectivity index (χ2n) is 12.3. The van der Waals surface area contributed by atoms with Gasteiger partial charge in [0.1, 0.15) is 0 Å².